The summed E-state index contributed by atoms with van der Waals surface area (Å²) in [6.07, 6.45) is 5.21. The van der Waals surface area contributed by atoms with E-state index in [9.17, 15) is 4.79 Å². The van der Waals surface area contributed by atoms with Crippen LogP contribution in [0.5, 0.6) is 0 Å². The molecule has 1 aromatic heterocycles. The molecule has 0 radical (unpaired) electrons. The van der Waals surface area contributed by atoms with Gasteiger partial charge in [0.15, 0.2) is 0 Å². The molecule has 1 amide bonds. The Morgan fingerprint density at radius 2 is 2.00 bits per heavy atom. The quantitative estimate of drug-likeness (QED) is 0.946. The second kappa shape index (κ2) is 6.92. The van der Waals surface area contributed by atoms with Crippen molar-refractivity contribution in [2.24, 2.45) is 0 Å². The summed E-state index contributed by atoms with van der Waals surface area (Å²) in [6, 6.07) is 9.92. The Hall–Kier alpha value is -2.20. The molecule has 4 heteroatoms. The van der Waals surface area contributed by atoms with Crippen LogP contribution in [0.2, 0.25) is 0 Å². The molecule has 0 bridgehead atoms. The Labute approximate surface area is 136 Å². The van der Waals surface area contributed by atoms with Crippen LogP contribution < -0.4 is 5.32 Å². The van der Waals surface area contributed by atoms with Gasteiger partial charge < -0.3 is 10.1 Å². The van der Waals surface area contributed by atoms with Gasteiger partial charge in [-0.25, -0.2) is 0 Å². The van der Waals surface area contributed by atoms with E-state index in [0.29, 0.717) is 6.61 Å². The Balaban J connectivity index is 1.68. The minimum atomic E-state index is 0.00609. The third-order valence-corrected chi connectivity index (χ3v) is 4.55. The van der Waals surface area contributed by atoms with Crippen LogP contribution in [0, 0.1) is 13.8 Å². The lowest BCUT2D eigenvalue weighted by Crippen LogP contribution is -2.40. The van der Waals surface area contributed by atoms with Crippen molar-refractivity contribution in [2.45, 2.75) is 38.8 Å². The van der Waals surface area contributed by atoms with Crippen molar-refractivity contribution in [3.05, 3.63) is 65.0 Å². The Morgan fingerprint density at radius 1 is 1.22 bits per heavy atom. The molecule has 1 saturated heterocycles. The van der Waals surface area contributed by atoms with Crippen LogP contribution in [0.25, 0.3) is 0 Å². The number of amides is 1. The number of aromatic nitrogens is 1. The van der Waals surface area contributed by atoms with Crippen molar-refractivity contribution < 1.29 is 9.53 Å². The molecular weight excluding hydrogens is 288 g/mol. The second-order valence-electron chi connectivity index (χ2n) is 6.08. The fourth-order valence-electron chi connectivity index (χ4n) is 3.00. The molecule has 3 rings (SSSR count). The summed E-state index contributed by atoms with van der Waals surface area (Å²) in [6.45, 7) is 4.68. The molecule has 0 spiro atoms. The van der Waals surface area contributed by atoms with Gasteiger partial charge in [-0.2, -0.15) is 0 Å². The predicted octanol–water partition coefficient (Wildman–Crippen LogP) is 3.35. The maximum absolute atomic E-state index is 12.6. The SMILES string of the molecule is Cc1cccc(C(=O)N[C@H]2CCO[C@H](c3ccncc3)C2)c1C. The normalized spacial score (nSPS) is 21.0. The number of carbonyl (C=O) groups is 1. The first-order valence-corrected chi connectivity index (χ1v) is 8.04. The second-order valence-corrected chi connectivity index (χ2v) is 6.08. The van der Waals surface area contributed by atoms with Crippen molar-refractivity contribution in [1.82, 2.24) is 10.3 Å². The highest BCUT2D eigenvalue weighted by molar-refractivity contribution is 5.96. The number of ether oxygens (including phenoxy) is 1. The van der Waals surface area contributed by atoms with Crippen LogP contribution >= 0.6 is 0 Å². The summed E-state index contributed by atoms with van der Waals surface area (Å²) in [5.41, 5.74) is 4.06. The molecule has 1 aromatic carbocycles. The van der Waals surface area contributed by atoms with E-state index in [2.05, 4.69) is 10.3 Å². The van der Waals surface area contributed by atoms with Gasteiger partial charge in [0.05, 0.1) is 6.10 Å². The number of rotatable bonds is 3. The van der Waals surface area contributed by atoms with Crippen molar-refractivity contribution in [1.29, 1.82) is 0 Å². The first-order chi connectivity index (χ1) is 11.1. The number of pyridine rings is 1. The maximum Gasteiger partial charge on any atom is 0.251 e. The average Bonchev–Trinajstić information content (AvgIpc) is 2.58. The van der Waals surface area contributed by atoms with E-state index in [-0.39, 0.29) is 18.1 Å². The monoisotopic (exact) mass is 310 g/mol. The number of benzene rings is 1. The van der Waals surface area contributed by atoms with Gasteiger partial charge in [0.25, 0.3) is 5.91 Å². The van der Waals surface area contributed by atoms with E-state index >= 15 is 0 Å². The molecular formula is C19H22N2O2. The smallest absolute Gasteiger partial charge is 0.251 e. The number of nitrogens with one attached hydrogen (secondary N) is 1. The van der Waals surface area contributed by atoms with E-state index in [1.165, 1.54) is 0 Å². The summed E-state index contributed by atoms with van der Waals surface area (Å²) < 4.78 is 5.85. The Bertz CT molecular complexity index is 685. The van der Waals surface area contributed by atoms with Gasteiger partial charge in [-0.05, 0) is 61.6 Å². The average molecular weight is 310 g/mol. The van der Waals surface area contributed by atoms with Crippen molar-refractivity contribution in [3.63, 3.8) is 0 Å². The van der Waals surface area contributed by atoms with Crippen LogP contribution in [0.3, 0.4) is 0 Å². The van der Waals surface area contributed by atoms with Gasteiger partial charge in [-0.15, -0.1) is 0 Å². The fraction of sp³-hybridized carbons (Fsp3) is 0.368. The van der Waals surface area contributed by atoms with E-state index in [0.717, 1.165) is 35.1 Å². The van der Waals surface area contributed by atoms with E-state index in [1.807, 2.05) is 44.2 Å². The largest absolute Gasteiger partial charge is 0.373 e. The lowest BCUT2D eigenvalue weighted by molar-refractivity contribution is 0.000856. The molecule has 1 fully saturated rings. The lowest BCUT2D eigenvalue weighted by atomic mass is 9.97. The Kier molecular flexibility index (Phi) is 4.72. The van der Waals surface area contributed by atoms with Gasteiger partial charge in [0.2, 0.25) is 0 Å². The molecule has 0 saturated carbocycles. The maximum atomic E-state index is 12.6. The molecule has 1 aliphatic heterocycles. The van der Waals surface area contributed by atoms with Crippen molar-refractivity contribution in [3.8, 4) is 0 Å². The van der Waals surface area contributed by atoms with Gasteiger partial charge in [0.1, 0.15) is 0 Å². The van der Waals surface area contributed by atoms with Crippen molar-refractivity contribution in [2.75, 3.05) is 6.61 Å². The molecule has 0 aliphatic carbocycles. The third kappa shape index (κ3) is 3.59. The number of aryl methyl sites for hydroxylation is 1. The van der Waals surface area contributed by atoms with Crippen LogP contribution in [0.15, 0.2) is 42.7 Å². The zero-order valence-electron chi connectivity index (χ0n) is 13.6. The number of carbonyl (C=O) groups excluding carboxylic acids is 1. The first kappa shape index (κ1) is 15.7. The number of nitrogens with zero attached hydrogens (tertiary/aromatic N) is 1. The molecule has 23 heavy (non-hydrogen) atoms. The minimum Gasteiger partial charge on any atom is -0.373 e. The van der Waals surface area contributed by atoms with Crippen LogP contribution in [0.1, 0.15) is 46.0 Å². The third-order valence-electron chi connectivity index (χ3n) is 4.55. The highest BCUT2D eigenvalue weighted by Gasteiger charge is 2.25. The fourth-order valence-corrected chi connectivity index (χ4v) is 3.00. The molecule has 0 unspecified atom stereocenters. The Morgan fingerprint density at radius 3 is 2.78 bits per heavy atom. The van der Waals surface area contributed by atoms with Gasteiger partial charge >= 0.3 is 0 Å². The van der Waals surface area contributed by atoms with Gasteiger partial charge in [-0.3, -0.25) is 9.78 Å². The summed E-state index contributed by atoms with van der Waals surface area (Å²) >= 11 is 0. The van der Waals surface area contributed by atoms with E-state index in [4.69, 9.17) is 4.74 Å². The highest BCUT2D eigenvalue weighted by atomic mass is 16.5. The van der Waals surface area contributed by atoms with Crippen LogP contribution in [-0.4, -0.2) is 23.5 Å². The topological polar surface area (TPSA) is 51.2 Å². The summed E-state index contributed by atoms with van der Waals surface area (Å²) in [4.78, 5) is 16.6. The molecule has 1 aliphatic rings. The van der Waals surface area contributed by atoms with Crippen LogP contribution in [-0.2, 0) is 4.74 Å². The highest BCUT2D eigenvalue weighted by Crippen LogP contribution is 2.28. The summed E-state index contributed by atoms with van der Waals surface area (Å²) in [5, 5.41) is 3.17. The molecule has 2 aromatic rings. The van der Waals surface area contributed by atoms with Crippen molar-refractivity contribution >= 4 is 5.91 Å². The molecule has 1 N–H and O–H groups in total. The van der Waals surface area contributed by atoms with Crippen LogP contribution in [0.4, 0.5) is 0 Å². The lowest BCUT2D eigenvalue weighted by Gasteiger charge is -2.30. The molecule has 2 atom stereocenters. The first-order valence-electron chi connectivity index (χ1n) is 8.04. The molecule has 4 nitrogen and oxygen atoms in total. The molecule has 120 valence electrons. The van der Waals surface area contributed by atoms with E-state index < -0.39 is 0 Å². The van der Waals surface area contributed by atoms with Gasteiger partial charge in [0, 0.05) is 30.6 Å². The van der Waals surface area contributed by atoms with E-state index in [1.54, 1.807) is 12.4 Å². The number of hydrogen-bond donors (Lipinski definition) is 1. The predicted molar refractivity (Wildman–Crippen MR) is 89.3 cm³/mol. The zero-order chi connectivity index (χ0) is 16.2. The number of hydrogen-bond acceptors (Lipinski definition) is 3. The summed E-state index contributed by atoms with van der Waals surface area (Å²) in [5.74, 6) is 0.00609. The molecule has 2 heterocycles. The minimum absolute atomic E-state index is 0.00609. The summed E-state index contributed by atoms with van der Waals surface area (Å²) in [7, 11) is 0. The standard InChI is InChI=1S/C19H22N2O2/c1-13-4-3-5-17(14(13)2)19(22)21-16-8-11-23-18(12-16)15-6-9-20-10-7-15/h3-7,9-10,16,18H,8,11-12H2,1-2H3,(H,21,22)/t16-,18-/m0/s1. The van der Waals surface area contributed by atoms with Gasteiger partial charge in [-0.1, -0.05) is 12.1 Å². The zero-order valence-corrected chi connectivity index (χ0v) is 13.6.